The van der Waals surface area contributed by atoms with Crippen molar-refractivity contribution in [1.29, 1.82) is 0 Å². The quantitative estimate of drug-likeness (QED) is 0.247. The van der Waals surface area contributed by atoms with Gasteiger partial charge >= 0.3 is 0 Å². The molecule has 2 aliphatic heterocycles. The molecule has 0 saturated carbocycles. The lowest BCUT2D eigenvalue weighted by Crippen LogP contribution is -2.47. The van der Waals surface area contributed by atoms with Crippen molar-refractivity contribution < 1.29 is 14.3 Å². The van der Waals surface area contributed by atoms with Crippen LogP contribution in [-0.4, -0.2) is 43.1 Å². The number of carbonyl (C=O) groups is 2. The maximum atomic E-state index is 13.9. The first-order valence-electron chi connectivity index (χ1n) is 14.9. The van der Waals surface area contributed by atoms with Crippen molar-refractivity contribution in [2.75, 3.05) is 41.9 Å². The number of rotatable bonds is 7. The van der Waals surface area contributed by atoms with Crippen molar-refractivity contribution in [2.45, 2.75) is 32.7 Å². The molecular weight excluding hydrogens is 620 g/mol. The van der Waals surface area contributed by atoms with E-state index < -0.39 is 0 Å². The Balaban J connectivity index is 1.38. The Morgan fingerprint density at radius 3 is 2.59 bits per heavy atom. The fraction of sp³-hybridized carbons (Fsp3) is 0.286. The van der Waals surface area contributed by atoms with Crippen molar-refractivity contribution in [3.05, 3.63) is 116 Å². The molecule has 3 heterocycles. The fourth-order valence-electron chi connectivity index (χ4n) is 6.53. The average molecular weight is 656 g/mol. The zero-order valence-corrected chi connectivity index (χ0v) is 26.6. The number of piperidine rings is 1. The fourth-order valence-corrected chi connectivity index (χ4v) is 6.95. The van der Waals surface area contributed by atoms with E-state index in [4.69, 9.17) is 4.74 Å². The van der Waals surface area contributed by atoms with Crippen molar-refractivity contribution in [3.8, 4) is 5.75 Å². The third-order valence-corrected chi connectivity index (χ3v) is 9.30. The second-order valence-corrected chi connectivity index (χ2v) is 12.4. The SMILES string of the molecule is CCN(C(=O)c1ccc(N2CC3CC(C2)c2cccc(=O)n2C3)c(NC(=O)c2cc(OC)ccc2Br)c1)c1cccc(C)c1. The minimum atomic E-state index is -0.318. The molecule has 44 heavy (non-hydrogen) atoms. The molecule has 1 fully saturated rings. The number of anilines is 3. The number of ether oxygens (including phenoxy) is 1. The number of hydrogen-bond donors (Lipinski definition) is 1. The third-order valence-electron chi connectivity index (χ3n) is 8.61. The van der Waals surface area contributed by atoms with Crippen molar-refractivity contribution in [2.24, 2.45) is 5.92 Å². The topological polar surface area (TPSA) is 83.9 Å². The Bertz CT molecular complexity index is 1800. The third kappa shape index (κ3) is 5.76. The van der Waals surface area contributed by atoms with Crippen LogP contribution in [0, 0.1) is 12.8 Å². The molecule has 0 radical (unpaired) electrons. The van der Waals surface area contributed by atoms with Crippen LogP contribution in [0.2, 0.25) is 0 Å². The van der Waals surface area contributed by atoms with E-state index in [1.54, 1.807) is 42.3 Å². The Hall–Kier alpha value is -4.37. The van der Waals surface area contributed by atoms with E-state index in [0.29, 0.717) is 46.7 Å². The van der Waals surface area contributed by atoms with Crippen LogP contribution in [0.25, 0.3) is 0 Å². The van der Waals surface area contributed by atoms with Crippen LogP contribution in [-0.2, 0) is 6.54 Å². The number of nitrogens with zero attached hydrogens (tertiary/aromatic N) is 3. The minimum absolute atomic E-state index is 0.0411. The van der Waals surface area contributed by atoms with Gasteiger partial charge in [-0.1, -0.05) is 18.2 Å². The number of methoxy groups -OCH3 is 1. The van der Waals surface area contributed by atoms with Gasteiger partial charge in [-0.05, 0) is 102 Å². The van der Waals surface area contributed by atoms with Gasteiger partial charge in [0.25, 0.3) is 17.4 Å². The Morgan fingerprint density at radius 1 is 1.00 bits per heavy atom. The van der Waals surface area contributed by atoms with Crippen molar-refractivity contribution in [3.63, 3.8) is 0 Å². The molecule has 1 N–H and O–H groups in total. The van der Waals surface area contributed by atoms with Gasteiger partial charge in [-0.3, -0.25) is 14.4 Å². The molecule has 1 aromatic heterocycles. The number of aryl methyl sites for hydroxylation is 1. The summed E-state index contributed by atoms with van der Waals surface area (Å²) >= 11 is 3.50. The van der Waals surface area contributed by atoms with Gasteiger partial charge in [-0.2, -0.15) is 0 Å². The molecule has 6 rings (SSSR count). The van der Waals surface area contributed by atoms with Gasteiger partial charge < -0.3 is 24.4 Å². The summed E-state index contributed by atoms with van der Waals surface area (Å²) in [7, 11) is 1.56. The molecule has 2 atom stereocenters. The second-order valence-electron chi connectivity index (χ2n) is 11.5. The summed E-state index contributed by atoms with van der Waals surface area (Å²) in [6, 6.07) is 24.2. The van der Waals surface area contributed by atoms with Crippen LogP contribution in [0.3, 0.4) is 0 Å². The first-order valence-corrected chi connectivity index (χ1v) is 15.7. The van der Waals surface area contributed by atoms with E-state index in [-0.39, 0.29) is 29.2 Å². The maximum absolute atomic E-state index is 13.9. The van der Waals surface area contributed by atoms with E-state index in [0.717, 1.165) is 35.6 Å². The summed E-state index contributed by atoms with van der Waals surface area (Å²) in [5.74, 6) is 0.576. The van der Waals surface area contributed by atoms with Gasteiger partial charge in [-0.25, -0.2) is 0 Å². The number of pyridine rings is 1. The van der Waals surface area contributed by atoms with Crippen LogP contribution < -0.4 is 25.4 Å². The van der Waals surface area contributed by atoms with Gasteiger partial charge in [0.2, 0.25) is 0 Å². The second kappa shape index (κ2) is 12.3. The summed E-state index contributed by atoms with van der Waals surface area (Å²) in [6.07, 6.45) is 1.01. The molecule has 226 valence electrons. The number of nitrogens with one attached hydrogen (secondary N) is 1. The van der Waals surface area contributed by atoms with Gasteiger partial charge in [-0.15, -0.1) is 0 Å². The van der Waals surface area contributed by atoms with Crippen LogP contribution in [0.5, 0.6) is 5.75 Å². The van der Waals surface area contributed by atoms with Crippen LogP contribution in [0.4, 0.5) is 17.1 Å². The van der Waals surface area contributed by atoms with Gasteiger partial charge in [0.05, 0.1) is 24.0 Å². The van der Waals surface area contributed by atoms with Crippen molar-refractivity contribution in [1.82, 2.24) is 4.57 Å². The first-order chi connectivity index (χ1) is 21.2. The number of carbonyl (C=O) groups excluding carboxylic acids is 2. The highest BCUT2D eigenvalue weighted by Crippen LogP contribution is 2.40. The summed E-state index contributed by atoms with van der Waals surface area (Å²) in [5, 5.41) is 3.12. The summed E-state index contributed by atoms with van der Waals surface area (Å²) in [5.41, 5.74) is 5.28. The smallest absolute Gasteiger partial charge is 0.258 e. The van der Waals surface area contributed by atoms with Gasteiger partial charge in [0.1, 0.15) is 5.75 Å². The monoisotopic (exact) mass is 654 g/mol. The molecule has 0 spiro atoms. The van der Waals surface area contributed by atoms with Gasteiger partial charge in [0, 0.05) is 59.6 Å². The van der Waals surface area contributed by atoms with Crippen LogP contribution >= 0.6 is 15.9 Å². The standard InChI is InChI=1S/C35H35BrN4O4/c1-4-39(26-8-5-7-22(2)15-26)35(43)24-11-14-32(30(17-24)37-34(42)28-18-27(44-3)12-13-29(28)36)38-19-23-16-25(21-38)31-9-6-10-33(41)40(31)20-23/h5-15,17-18,23,25H,4,16,19-21H2,1-3H3,(H,37,42). The van der Waals surface area contributed by atoms with Crippen molar-refractivity contribution >= 4 is 44.8 Å². The Morgan fingerprint density at radius 2 is 1.82 bits per heavy atom. The van der Waals surface area contributed by atoms with E-state index in [2.05, 4.69) is 26.1 Å². The highest BCUT2D eigenvalue weighted by atomic mass is 79.9. The Labute approximate surface area is 265 Å². The largest absolute Gasteiger partial charge is 0.497 e. The predicted molar refractivity (Wildman–Crippen MR) is 177 cm³/mol. The number of hydrogen-bond acceptors (Lipinski definition) is 5. The van der Waals surface area contributed by atoms with Crippen LogP contribution in [0.1, 0.15) is 51.2 Å². The zero-order chi connectivity index (χ0) is 31.0. The Kier molecular flexibility index (Phi) is 8.31. The van der Waals surface area contributed by atoms with E-state index in [1.165, 1.54) is 0 Å². The molecule has 4 aromatic rings. The summed E-state index contributed by atoms with van der Waals surface area (Å²) in [4.78, 5) is 44.2. The normalized spacial score (nSPS) is 17.0. The molecular formula is C35H35BrN4O4. The molecule has 2 unspecified atom stereocenters. The summed E-state index contributed by atoms with van der Waals surface area (Å²) in [6.45, 7) is 6.55. The first kappa shape index (κ1) is 29.7. The van der Waals surface area contributed by atoms with E-state index in [9.17, 15) is 14.4 Å². The molecule has 9 heteroatoms. The predicted octanol–water partition coefficient (Wildman–Crippen LogP) is 6.47. The molecule has 0 aliphatic carbocycles. The van der Waals surface area contributed by atoms with E-state index in [1.807, 2.05) is 66.9 Å². The lowest BCUT2D eigenvalue weighted by Gasteiger charge is -2.44. The molecule has 2 amide bonds. The molecule has 2 bridgehead atoms. The lowest BCUT2D eigenvalue weighted by molar-refractivity contribution is 0.0985. The van der Waals surface area contributed by atoms with Gasteiger partial charge in [0.15, 0.2) is 0 Å². The number of amides is 2. The van der Waals surface area contributed by atoms with E-state index >= 15 is 0 Å². The highest BCUT2D eigenvalue weighted by molar-refractivity contribution is 9.10. The molecule has 3 aromatic carbocycles. The maximum Gasteiger partial charge on any atom is 0.258 e. The molecule has 1 saturated heterocycles. The minimum Gasteiger partial charge on any atom is -0.497 e. The average Bonchev–Trinajstić information content (AvgIpc) is 3.02. The number of halogens is 1. The summed E-state index contributed by atoms with van der Waals surface area (Å²) < 4.78 is 7.91. The number of benzene rings is 3. The molecule has 8 nitrogen and oxygen atoms in total. The zero-order valence-electron chi connectivity index (χ0n) is 25.0. The molecule has 2 aliphatic rings. The highest BCUT2D eigenvalue weighted by Gasteiger charge is 2.35. The van der Waals surface area contributed by atoms with Crippen LogP contribution in [0.15, 0.2) is 88.1 Å². The lowest BCUT2D eigenvalue weighted by atomic mass is 9.83. The number of aromatic nitrogens is 1. The number of fused-ring (bicyclic) bond motifs is 4.